The van der Waals surface area contributed by atoms with Crippen LogP contribution >= 0.6 is 0 Å². The van der Waals surface area contributed by atoms with E-state index >= 15 is 0 Å². The smallest absolute Gasteiger partial charge is 0.135 e. The summed E-state index contributed by atoms with van der Waals surface area (Å²) >= 11 is 0. The Hall–Kier alpha value is -0.950. The Bertz CT molecular complexity index is 441. The van der Waals surface area contributed by atoms with Gasteiger partial charge in [-0.25, -0.2) is 13.7 Å². The summed E-state index contributed by atoms with van der Waals surface area (Å²) < 4.78 is 28.0. The van der Waals surface area contributed by atoms with Crippen LogP contribution in [0.3, 0.4) is 0 Å². The molecular formula is C11H17N3O2S. The monoisotopic (exact) mass is 255 g/mol. The molecule has 0 saturated carbocycles. The summed E-state index contributed by atoms with van der Waals surface area (Å²) in [5.74, 6) is 0. The standard InChI is InChI=1S/C11H17N3O2S/c12-17(15,11-4-2-1-3-5-11)13-10-14-6-8-16-9-7-14/h1-5H,6-10H2,(H2,12,13,15). The fraction of sp³-hybridized carbons (Fsp3) is 0.455. The molecule has 2 rings (SSSR count). The molecule has 0 spiro atoms. The van der Waals surface area contributed by atoms with Gasteiger partial charge in [-0.05, 0) is 12.1 Å². The minimum Gasteiger partial charge on any atom is -0.379 e. The van der Waals surface area contributed by atoms with Gasteiger partial charge in [-0.3, -0.25) is 4.90 Å². The molecule has 1 aromatic rings. The van der Waals surface area contributed by atoms with Gasteiger partial charge in [0, 0.05) is 13.1 Å². The van der Waals surface area contributed by atoms with Crippen LogP contribution < -0.4 is 4.72 Å². The number of nitrogens with zero attached hydrogens (tertiary/aromatic N) is 1. The van der Waals surface area contributed by atoms with Gasteiger partial charge in [0.1, 0.15) is 9.92 Å². The quantitative estimate of drug-likeness (QED) is 0.839. The van der Waals surface area contributed by atoms with Crippen molar-refractivity contribution in [2.24, 2.45) is 0 Å². The van der Waals surface area contributed by atoms with Crippen LogP contribution in [0.5, 0.6) is 0 Å². The van der Waals surface area contributed by atoms with Crippen molar-refractivity contribution in [3.8, 4) is 0 Å². The Kier molecular flexibility index (Phi) is 4.11. The van der Waals surface area contributed by atoms with Crippen LogP contribution in [0.1, 0.15) is 0 Å². The van der Waals surface area contributed by atoms with E-state index in [4.69, 9.17) is 9.52 Å². The number of hydrogen-bond acceptors (Lipinski definition) is 4. The van der Waals surface area contributed by atoms with Gasteiger partial charge in [-0.15, -0.1) is 0 Å². The van der Waals surface area contributed by atoms with Crippen LogP contribution in [0.25, 0.3) is 0 Å². The van der Waals surface area contributed by atoms with Crippen LogP contribution in [0.2, 0.25) is 0 Å². The first kappa shape index (κ1) is 12.5. The maximum atomic E-state index is 12.1. The van der Waals surface area contributed by atoms with E-state index in [1.807, 2.05) is 6.07 Å². The van der Waals surface area contributed by atoms with Crippen LogP contribution in [-0.4, -0.2) is 42.1 Å². The SMILES string of the molecule is N=S(=O)(NCN1CCOCC1)c1ccccc1. The van der Waals surface area contributed by atoms with Crippen molar-refractivity contribution in [3.05, 3.63) is 30.3 Å². The Morgan fingerprint density at radius 2 is 1.94 bits per heavy atom. The number of benzene rings is 1. The topological polar surface area (TPSA) is 65.4 Å². The second-order valence-corrected chi connectivity index (χ2v) is 5.77. The zero-order valence-electron chi connectivity index (χ0n) is 9.59. The summed E-state index contributed by atoms with van der Waals surface area (Å²) in [6, 6.07) is 8.85. The Morgan fingerprint density at radius 3 is 2.59 bits per heavy atom. The largest absolute Gasteiger partial charge is 0.379 e. The average Bonchev–Trinajstić information content (AvgIpc) is 2.39. The molecule has 94 valence electrons. The summed E-state index contributed by atoms with van der Waals surface area (Å²) in [4.78, 5) is 2.62. The fourth-order valence-corrected chi connectivity index (χ4v) is 2.71. The molecule has 2 N–H and O–H groups in total. The van der Waals surface area contributed by atoms with E-state index in [0.717, 1.165) is 13.1 Å². The van der Waals surface area contributed by atoms with Crippen molar-refractivity contribution in [1.82, 2.24) is 9.62 Å². The zero-order chi connectivity index (χ0) is 12.1. The van der Waals surface area contributed by atoms with E-state index in [-0.39, 0.29) is 0 Å². The van der Waals surface area contributed by atoms with E-state index < -0.39 is 9.92 Å². The molecule has 1 aliphatic rings. The minimum absolute atomic E-state index is 0.459. The minimum atomic E-state index is -2.89. The molecule has 0 aliphatic carbocycles. The Balaban J connectivity index is 1.94. The lowest BCUT2D eigenvalue weighted by Gasteiger charge is -2.27. The summed E-state index contributed by atoms with van der Waals surface area (Å²) in [5.41, 5.74) is 0. The molecule has 17 heavy (non-hydrogen) atoms. The molecule has 1 fully saturated rings. The third-order valence-corrected chi connectivity index (χ3v) is 4.14. The van der Waals surface area contributed by atoms with Crippen molar-refractivity contribution >= 4 is 9.92 Å². The van der Waals surface area contributed by atoms with Crippen molar-refractivity contribution in [2.75, 3.05) is 33.0 Å². The first-order valence-electron chi connectivity index (χ1n) is 5.57. The zero-order valence-corrected chi connectivity index (χ0v) is 10.4. The lowest BCUT2D eigenvalue weighted by atomic mass is 10.4. The molecule has 0 amide bonds. The van der Waals surface area contributed by atoms with E-state index in [2.05, 4.69) is 9.62 Å². The number of morpholine rings is 1. The molecule has 1 atom stereocenters. The lowest BCUT2D eigenvalue weighted by Crippen LogP contribution is -2.43. The number of rotatable bonds is 4. The highest BCUT2D eigenvalue weighted by Gasteiger charge is 2.13. The van der Waals surface area contributed by atoms with Crippen molar-refractivity contribution in [1.29, 1.82) is 4.78 Å². The van der Waals surface area contributed by atoms with Crippen LogP contribution in [0.15, 0.2) is 35.2 Å². The van der Waals surface area contributed by atoms with Gasteiger partial charge in [0.25, 0.3) is 0 Å². The van der Waals surface area contributed by atoms with E-state index in [1.165, 1.54) is 0 Å². The third-order valence-electron chi connectivity index (χ3n) is 2.67. The van der Waals surface area contributed by atoms with Gasteiger partial charge < -0.3 is 4.74 Å². The maximum absolute atomic E-state index is 12.1. The van der Waals surface area contributed by atoms with Gasteiger partial charge in [0.15, 0.2) is 0 Å². The highest BCUT2D eigenvalue weighted by Crippen LogP contribution is 2.08. The molecule has 1 unspecified atom stereocenters. The Labute approximate surface area is 102 Å². The van der Waals surface area contributed by atoms with Gasteiger partial charge in [-0.2, -0.15) is 0 Å². The van der Waals surface area contributed by atoms with Gasteiger partial charge in [-0.1, -0.05) is 18.2 Å². The van der Waals surface area contributed by atoms with Crippen LogP contribution in [0.4, 0.5) is 0 Å². The number of ether oxygens (including phenoxy) is 1. The first-order valence-corrected chi connectivity index (χ1v) is 7.13. The molecule has 1 aromatic carbocycles. The number of nitrogens with one attached hydrogen (secondary N) is 2. The van der Waals surface area contributed by atoms with Gasteiger partial charge in [0.2, 0.25) is 0 Å². The molecular weight excluding hydrogens is 238 g/mol. The van der Waals surface area contributed by atoms with E-state index in [9.17, 15) is 4.21 Å². The van der Waals surface area contributed by atoms with Crippen molar-refractivity contribution in [3.63, 3.8) is 0 Å². The highest BCUT2D eigenvalue weighted by atomic mass is 32.2. The first-order chi connectivity index (χ1) is 8.18. The van der Waals surface area contributed by atoms with E-state index in [1.54, 1.807) is 24.3 Å². The fourth-order valence-electron chi connectivity index (χ4n) is 1.64. The average molecular weight is 255 g/mol. The highest BCUT2D eigenvalue weighted by molar-refractivity contribution is 7.90. The predicted octanol–water partition coefficient (Wildman–Crippen LogP) is 0.887. The maximum Gasteiger partial charge on any atom is 0.135 e. The molecule has 0 radical (unpaired) electrons. The molecule has 1 heterocycles. The third kappa shape index (κ3) is 3.50. The Morgan fingerprint density at radius 1 is 1.29 bits per heavy atom. The molecule has 1 aliphatic heterocycles. The molecule has 0 aromatic heterocycles. The second-order valence-electron chi connectivity index (χ2n) is 3.90. The van der Waals surface area contributed by atoms with Crippen LogP contribution in [0, 0.1) is 4.78 Å². The van der Waals surface area contributed by atoms with Gasteiger partial charge in [0.05, 0.1) is 24.8 Å². The second kappa shape index (κ2) is 5.59. The van der Waals surface area contributed by atoms with Crippen molar-refractivity contribution < 1.29 is 8.95 Å². The molecule has 1 saturated heterocycles. The van der Waals surface area contributed by atoms with Crippen molar-refractivity contribution in [2.45, 2.75) is 4.90 Å². The van der Waals surface area contributed by atoms with Gasteiger partial charge >= 0.3 is 0 Å². The summed E-state index contributed by atoms with van der Waals surface area (Å²) in [6.07, 6.45) is 0. The summed E-state index contributed by atoms with van der Waals surface area (Å²) in [5, 5.41) is 0. The normalized spacial score (nSPS) is 20.9. The molecule has 6 heteroatoms. The summed E-state index contributed by atoms with van der Waals surface area (Å²) in [6.45, 7) is 3.49. The van der Waals surface area contributed by atoms with Crippen LogP contribution in [-0.2, 0) is 14.7 Å². The van der Waals surface area contributed by atoms with E-state index in [0.29, 0.717) is 24.8 Å². The number of hydrogen-bond donors (Lipinski definition) is 2. The lowest BCUT2D eigenvalue weighted by molar-refractivity contribution is 0.0372. The predicted molar refractivity (Wildman–Crippen MR) is 66.0 cm³/mol. The molecule has 5 nitrogen and oxygen atoms in total. The summed E-state index contributed by atoms with van der Waals surface area (Å²) in [7, 11) is -2.89. The molecule has 0 bridgehead atoms.